The van der Waals surface area contributed by atoms with E-state index in [0.29, 0.717) is 18.7 Å². The molecule has 1 aromatic heterocycles. The highest BCUT2D eigenvalue weighted by molar-refractivity contribution is 7.91. The molecule has 2 aliphatic rings. The number of rotatable bonds is 3. The van der Waals surface area contributed by atoms with E-state index >= 15 is 0 Å². The zero-order chi connectivity index (χ0) is 21.2. The van der Waals surface area contributed by atoms with Crippen LogP contribution in [-0.2, 0) is 26.5 Å². The van der Waals surface area contributed by atoms with Gasteiger partial charge in [0, 0.05) is 31.1 Å². The maximum absolute atomic E-state index is 13.1. The van der Waals surface area contributed by atoms with Crippen molar-refractivity contribution in [3.63, 3.8) is 0 Å². The molecule has 8 nitrogen and oxygen atoms in total. The Balaban J connectivity index is 1.71. The fourth-order valence-electron chi connectivity index (χ4n) is 3.80. The monoisotopic (exact) mass is 425 g/mol. The first-order valence-electron chi connectivity index (χ1n) is 10.3. The minimum Gasteiger partial charge on any atom is -0.361 e. The number of nitrogens with zero attached hydrogens (tertiary/aromatic N) is 3. The number of ketones is 1. The zero-order valence-electron chi connectivity index (χ0n) is 17.5. The summed E-state index contributed by atoms with van der Waals surface area (Å²) in [5, 5.41) is 4.04. The van der Waals surface area contributed by atoms with Crippen LogP contribution >= 0.6 is 0 Å². The lowest BCUT2D eigenvalue weighted by Gasteiger charge is -2.36. The summed E-state index contributed by atoms with van der Waals surface area (Å²) in [6.45, 7) is 6.95. The Hall–Kier alpha value is -1.90. The second-order valence-electron chi connectivity index (χ2n) is 9.06. The Kier molecular flexibility index (Phi) is 6.36. The number of amides is 2. The summed E-state index contributed by atoms with van der Waals surface area (Å²) in [4.78, 5) is 29.4. The molecule has 2 aliphatic heterocycles. The van der Waals surface area contributed by atoms with Crippen LogP contribution in [0, 0.1) is 0 Å². The van der Waals surface area contributed by atoms with Crippen molar-refractivity contribution in [1.29, 1.82) is 0 Å². The van der Waals surface area contributed by atoms with Crippen molar-refractivity contribution in [3.05, 3.63) is 17.5 Å². The van der Waals surface area contributed by atoms with Gasteiger partial charge in [0.1, 0.15) is 5.76 Å². The van der Waals surface area contributed by atoms with Gasteiger partial charge in [-0.15, -0.1) is 0 Å². The van der Waals surface area contributed by atoms with E-state index in [1.807, 2.05) is 26.8 Å². The first-order chi connectivity index (χ1) is 13.6. The molecule has 0 spiro atoms. The van der Waals surface area contributed by atoms with Gasteiger partial charge in [0.25, 0.3) is 0 Å². The number of hydrogen-bond donors (Lipinski definition) is 0. The van der Waals surface area contributed by atoms with Crippen LogP contribution < -0.4 is 0 Å². The lowest BCUT2D eigenvalue weighted by molar-refractivity contribution is -0.123. The predicted octanol–water partition coefficient (Wildman–Crippen LogP) is 2.18. The van der Waals surface area contributed by atoms with E-state index in [4.69, 9.17) is 4.52 Å². The van der Waals surface area contributed by atoms with E-state index in [-0.39, 0.29) is 48.2 Å². The third-order valence-electron chi connectivity index (χ3n) is 5.64. The van der Waals surface area contributed by atoms with Crippen LogP contribution in [-0.4, -0.2) is 72.4 Å². The molecule has 3 rings (SSSR count). The number of sulfone groups is 1. The molecule has 2 fully saturated rings. The quantitative estimate of drug-likeness (QED) is 0.736. The van der Waals surface area contributed by atoms with E-state index in [1.165, 1.54) is 0 Å². The van der Waals surface area contributed by atoms with Gasteiger partial charge in [0.05, 0.1) is 29.7 Å². The number of likely N-dealkylation sites (tertiary alicyclic amines) is 1. The summed E-state index contributed by atoms with van der Waals surface area (Å²) in [5.41, 5.74) is 0.397. The van der Waals surface area contributed by atoms with Crippen LogP contribution in [0.4, 0.5) is 4.79 Å². The Bertz CT molecular complexity index is 842. The third-order valence-corrected chi connectivity index (χ3v) is 7.25. The number of carbonyl (C=O) groups is 2. The van der Waals surface area contributed by atoms with Crippen molar-refractivity contribution in [2.45, 2.75) is 64.3 Å². The third kappa shape index (κ3) is 5.38. The summed E-state index contributed by atoms with van der Waals surface area (Å²) >= 11 is 0. The van der Waals surface area contributed by atoms with Crippen LogP contribution in [0.3, 0.4) is 0 Å². The van der Waals surface area contributed by atoms with E-state index in [9.17, 15) is 18.0 Å². The molecule has 0 aromatic carbocycles. The average Bonchev–Trinajstić information content (AvgIpc) is 2.97. The molecular formula is C20H31N3O5S. The Morgan fingerprint density at radius 2 is 1.83 bits per heavy atom. The molecule has 1 aromatic rings. The van der Waals surface area contributed by atoms with Gasteiger partial charge in [-0.3, -0.25) is 4.79 Å². The number of hydrogen-bond acceptors (Lipinski definition) is 6. The average molecular weight is 426 g/mol. The molecule has 0 bridgehead atoms. The summed E-state index contributed by atoms with van der Waals surface area (Å²) in [5.74, 6) is 0.654. The van der Waals surface area contributed by atoms with Gasteiger partial charge in [-0.05, 0) is 12.8 Å². The molecule has 2 amide bonds. The molecular weight excluding hydrogens is 394 g/mol. The van der Waals surface area contributed by atoms with E-state index in [0.717, 1.165) is 25.0 Å². The van der Waals surface area contributed by atoms with Crippen LogP contribution in [0.5, 0.6) is 0 Å². The van der Waals surface area contributed by atoms with Crippen LogP contribution in [0.1, 0.15) is 57.9 Å². The lowest BCUT2D eigenvalue weighted by atomic mass is 9.92. The maximum Gasteiger partial charge on any atom is 0.320 e. The van der Waals surface area contributed by atoms with E-state index in [2.05, 4.69) is 5.16 Å². The molecule has 29 heavy (non-hydrogen) atoms. The van der Waals surface area contributed by atoms with E-state index < -0.39 is 15.9 Å². The van der Waals surface area contributed by atoms with Gasteiger partial charge in [-0.2, -0.15) is 0 Å². The molecule has 1 atom stereocenters. The minimum atomic E-state index is -3.07. The van der Waals surface area contributed by atoms with Crippen LogP contribution in [0.25, 0.3) is 0 Å². The van der Waals surface area contributed by atoms with Crippen LogP contribution in [0.15, 0.2) is 10.6 Å². The standard InChI is InChI=1S/C20H31N3O5S/c1-20(2,3)18-14-15(21-28-18)13-17(24)16-7-5-4-6-8-23(16)19(25)22-9-11-29(26,27)12-10-22/h14,16H,4-13H2,1-3H3/t16-/m0/s1. The van der Waals surface area contributed by atoms with Crippen molar-refractivity contribution in [1.82, 2.24) is 15.0 Å². The SMILES string of the molecule is CC(C)(C)c1cc(CC(=O)[C@@H]2CCCCCN2C(=O)N2CCS(=O)(=O)CC2)no1. The second kappa shape index (κ2) is 8.45. The molecule has 0 radical (unpaired) electrons. The van der Waals surface area contributed by atoms with Gasteiger partial charge >= 0.3 is 6.03 Å². The smallest absolute Gasteiger partial charge is 0.320 e. The molecule has 162 valence electrons. The fourth-order valence-corrected chi connectivity index (χ4v) is 5.00. The maximum atomic E-state index is 13.1. The molecule has 2 saturated heterocycles. The Labute approximate surface area is 172 Å². The molecule has 0 aliphatic carbocycles. The van der Waals surface area contributed by atoms with Gasteiger partial charge in [0.2, 0.25) is 0 Å². The van der Waals surface area contributed by atoms with Crippen LogP contribution in [0.2, 0.25) is 0 Å². The number of urea groups is 1. The highest BCUT2D eigenvalue weighted by atomic mass is 32.2. The molecule has 3 heterocycles. The van der Waals surface area contributed by atoms with Crippen molar-refractivity contribution in [3.8, 4) is 0 Å². The first-order valence-corrected chi connectivity index (χ1v) is 12.1. The summed E-state index contributed by atoms with van der Waals surface area (Å²) < 4.78 is 28.7. The fraction of sp³-hybridized carbons (Fsp3) is 0.750. The molecule has 0 N–H and O–H groups in total. The Morgan fingerprint density at radius 1 is 1.14 bits per heavy atom. The molecule has 0 unspecified atom stereocenters. The van der Waals surface area contributed by atoms with Gasteiger partial charge < -0.3 is 14.3 Å². The largest absolute Gasteiger partial charge is 0.361 e. The predicted molar refractivity (Wildman–Crippen MR) is 108 cm³/mol. The van der Waals surface area contributed by atoms with Crippen molar-refractivity contribution < 1.29 is 22.5 Å². The zero-order valence-corrected chi connectivity index (χ0v) is 18.3. The summed E-state index contributed by atoms with van der Waals surface area (Å²) in [6.07, 6.45) is 3.46. The lowest BCUT2D eigenvalue weighted by Crippen LogP contribution is -2.54. The normalized spacial score (nSPS) is 22.9. The number of aromatic nitrogens is 1. The first kappa shape index (κ1) is 21.8. The summed E-state index contributed by atoms with van der Waals surface area (Å²) in [6, 6.07) is 1.09. The minimum absolute atomic E-state index is 0.0142. The second-order valence-corrected chi connectivity index (χ2v) is 11.4. The van der Waals surface area contributed by atoms with E-state index in [1.54, 1.807) is 9.80 Å². The van der Waals surface area contributed by atoms with Crippen molar-refractivity contribution in [2.75, 3.05) is 31.1 Å². The summed E-state index contributed by atoms with van der Waals surface area (Å²) in [7, 11) is -3.07. The molecule has 0 saturated carbocycles. The van der Waals surface area contributed by atoms with Gasteiger partial charge in [-0.1, -0.05) is 38.8 Å². The highest BCUT2D eigenvalue weighted by Crippen LogP contribution is 2.25. The Morgan fingerprint density at radius 3 is 2.45 bits per heavy atom. The van der Waals surface area contributed by atoms with Crippen molar-refractivity contribution in [2.24, 2.45) is 0 Å². The number of Topliss-reactive ketones (excluding diaryl/α,β-unsaturated/α-hetero) is 1. The van der Waals surface area contributed by atoms with Gasteiger partial charge in [-0.25, -0.2) is 13.2 Å². The highest BCUT2D eigenvalue weighted by Gasteiger charge is 2.35. The molecule has 9 heteroatoms. The topological polar surface area (TPSA) is 101 Å². The van der Waals surface area contributed by atoms with Crippen molar-refractivity contribution >= 4 is 21.7 Å². The number of carbonyl (C=O) groups excluding carboxylic acids is 2. The van der Waals surface area contributed by atoms with Gasteiger partial charge in [0.15, 0.2) is 15.6 Å².